The second kappa shape index (κ2) is 5.52. The number of carbonyl (C=O) groups excluding carboxylic acids is 1. The fourth-order valence-corrected chi connectivity index (χ4v) is 1.79. The Morgan fingerprint density at radius 3 is 2.56 bits per heavy atom. The second-order valence-corrected chi connectivity index (χ2v) is 4.09. The summed E-state index contributed by atoms with van der Waals surface area (Å²) in [6, 6.07) is -1.59. The molecule has 2 atom stereocenters. The van der Waals surface area contributed by atoms with E-state index in [1.807, 2.05) is 6.92 Å². The first-order valence-electron chi connectivity index (χ1n) is 5.53. The van der Waals surface area contributed by atoms with Gasteiger partial charge in [0.2, 0.25) is 5.91 Å². The van der Waals surface area contributed by atoms with Gasteiger partial charge in [0.05, 0.1) is 0 Å². The van der Waals surface area contributed by atoms with Gasteiger partial charge in [-0.15, -0.1) is 0 Å². The monoisotopic (exact) mass is 238 g/mol. The maximum Gasteiger partial charge on any atom is 0.403 e. The normalized spacial score (nSPS) is 26.5. The van der Waals surface area contributed by atoms with E-state index in [4.69, 9.17) is 0 Å². The van der Waals surface area contributed by atoms with Crippen LogP contribution in [-0.2, 0) is 4.79 Å². The van der Waals surface area contributed by atoms with E-state index in [-0.39, 0.29) is 24.9 Å². The Morgan fingerprint density at radius 1 is 1.44 bits per heavy atom. The molecule has 2 unspecified atom stereocenters. The topological polar surface area (TPSA) is 41.1 Å². The Balaban J connectivity index is 2.30. The highest BCUT2D eigenvalue weighted by Crippen LogP contribution is 2.26. The Bertz CT molecular complexity index is 235. The second-order valence-electron chi connectivity index (χ2n) is 4.09. The van der Waals surface area contributed by atoms with Crippen LogP contribution in [0, 0.1) is 0 Å². The lowest BCUT2D eigenvalue weighted by Gasteiger charge is -2.31. The SMILES string of the molecule is CCCC(=O)NC1CCC(C(F)(F)F)NC1. The lowest BCUT2D eigenvalue weighted by molar-refractivity contribution is -0.161. The van der Waals surface area contributed by atoms with Crippen molar-refractivity contribution in [3.05, 3.63) is 0 Å². The third-order valence-electron chi connectivity index (χ3n) is 2.65. The molecule has 1 fully saturated rings. The maximum absolute atomic E-state index is 12.3. The van der Waals surface area contributed by atoms with Crippen LogP contribution >= 0.6 is 0 Å². The van der Waals surface area contributed by atoms with Crippen LogP contribution in [0.4, 0.5) is 13.2 Å². The van der Waals surface area contributed by atoms with Crippen molar-refractivity contribution >= 4 is 5.91 Å². The molecule has 0 aromatic rings. The van der Waals surface area contributed by atoms with Gasteiger partial charge in [-0.25, -0.2) is 0 Å². The molecule has 0 bridgehead atoms. The lowest BCUT2D eigenvalue weighted by atomic mass is 10.0. The molecular weight excluding hydrogens is 221 g/mol. The average Bonchev–Trinajstić information content (AvgIpc) is 2.17. The molecule has 0 radical (unpaired) electrons. The number of rotatable bonds is 3. The van der Waals surface area contributed by atoms with Crippen LogP contribution in [-0.4, -0.2) is 30.7 Å². The van der Waals surface area contributed by atoms with Crippen LogP contribution in [0.3, 0.4) is 0 Å². The molecule has 16 heavy (non-hydrogen) atoms. The van der Waals surface area contributed by atoms with E-state index >= 15 is 0 Å². The molecule has 1 amide bonds. The van der Waals surface area contributed by atoms with Gasteiger partial charge >= 0.3 is 6.18 Å². The molecule has 1 aliphatic heterocycles. The molecule has 1 aliphatic rings. The zero-order valence-corrected chi connectivity index (χ0v) is 9.23. The molecule has 0 aliphatic carbocycles. The summed E-state index contributed by atoms with van der Waals surface area (Å²) in [5.74, 6) is -0.0836. The van der Waals surface area contributed by atoms with Gasteiger partial charge in [-0.1, -0.05) is 6.92 Å². The minimum absolute atomic E-state index is 0.0283. The van der Waals surface area contributed by atoms with E-state index < -0.39 is 12.2 Å². The summed E-state index contributed by atoms with van der Waals surface area (Å²) in [7, 11) is 0. The molecule has 94 valence electrons. The van der Waals surface area contributed by atoms with Crippen LogP contribution < -0.4 is 10.6 Å². The van der Waals surface area contributed by atoms with E-state index in [1.165, 1.54) is 0 Å². The minimum Gasteiger partial charge on any atom is -0.352 e. The molecule has 2 N–H and O–H groups in total. The van der Waals surface area contributed by atoms with Crippen LogP contribution in [0.25, 0.3) is 0 Å². The van der Waals surface area contributed by atoms with Crippen molar-refractivity contribution in [3.63, 3.8) is 0 Å². The number of hydrogen-bond acceptors (Lipinski definition) is 2. The van der Waals surface area contributed by atoms with Crippen molar-refractivity contribution in [3.8, 4) is 0 Å². The standard InChI is InChI=1S/C10H17F3N2O/c1-2-3-9(16)15-7-4-5-8(14-6-7)10(11,12)13/h7-8,14H,2-6H2,1H3,(H,15,16). The fourth-order valence-electron chi connectivity index (χ4n) is 1.79. The highest BCUT2D eigenvalue weighted by Gasteiger charge is 2.41. The number of hydrogen-bond donors (Lipinski definition) is 2. The summed E-state index contributed by atoms with van der Waals surface area (Å²) >= 11 is 0. The Labute approximate surface area is 92.8 Å². The van der Waals surface area contributed by atoms with Crippen molar-refractivity contribution in [1.82, 2.24) is 10.6 Å². The molecule has 1 rings (SSSR count). The number of amides is 1. The molecule has 3 nitrogen and oxygen atoms in total. The van der Waals surface area contributed by atoms with E-state index in [2.05, 4.69) is 10.6 Å². The summed E-state index contributed by atoms with van der Waals surface area (Å²) in [6.07, 6.45) is -2.60. The zero-order chi connectivity index (χ0) is 12.2. The van der Waals surface area contributed by atoms with Crippen LogP contribution in [0.5, 0.6) is 0 Å². The number of carbonyl (C=O) groups is 1. The summed E-state index contributed by atoms with van der Waals surface area (Å²) in [6.45, 7) is 2.08. The predicted octanol–water partition coefficient (Wildman–Crippen LogP) is 1.59. The summed E-state index contributed by atoms with van der Waals surface area (Å²) in [5.41, 5.74) is 0. The van der Waals surface area contributed by atoms with Crippen LogP contribution in [0.1, 0.15) is 32.6 Å². The molecule has 0 aromatic heterocycles. The van der Waals surface area contributed by atoms with Gasteiger partial charge < -0.3 is 10.6 Å². The molecule has 6 heteroatoms. The van der Waals surface area contributed by atoms with Gasteiger partial charge in [-0.3, -0.25) is 4.79 Å². The lowest BCUT2D eigenvalue weighted by Crippen LogP contribution is -2.54. The predicted molar refractivity (Wildman–Crippen MR) is 53.9 cm³/mol. The van der Waals surface area contributed by atoms with Crippen molar-refractivity contribution in [1.29, 1.82) is 0 Å². The minimum atomic E-state index is -4.18. The smallest absolute Gasteiger partial charge is 0.352 e. The quantitative estimate of drug-likeness (QED) is 0.784. The first kappa shape index (κ1) is 13.3. The Hall–Kier alpha value is -0.780. The number of alkyl halides is 3. The zero-order valence-electron chi connectivity index (χ0n) is 9.23. The molecule has 1 saturated heterocycles. The summed E-state index contributed by atoms with van der Waals surface area (Å²) in [4.78, 5) is 11.2. The van der Waals surface area contributed by atoms with E-state index in [9.17, 15) is 18.0 Å². The number of nitrogens with one attached hydrogen (secondary N) is 2. The molecular formula is C10H17F3N2O. The largest absolute Gasteiger partial charge is 0.403 e. The highest BCUT2D eigenvalue weighted by molar-refractivity contribution is 5.76. The number of piperidine rings is 1. The van der Waals surface area contributed by atoms with Crippen molar-refractivity contribution in [2.75, 3.05) is 6.54 Å². The van der Waals surface area contributed by atoms with Crippen molar-refractivity contribution in [2.24, 2.45) is 0 Å². The van der Waals surface area contributed by atoms with Crippen molar-refractivity contribution in [2.45, 2.75) is 50.9 Å². The van der Waals surface area contributed by atoms with Gasteiger partial charge in [0, 0.05) is 19.0 Å². The molecule has 1 heterocycles. The first-order valence-corrected chi connectivity index (χ1v) is 5.53. The van der Waals surface area contributed by atoms with Gasteiger partial charge in [0.15, 0.2) is 0 Å². The average molecular weight is 238 g/mol. The summed E-state index contributed by atoms with van der Waals surface area (Å²) in [5, 5.41) is 5.14. The fraction of sp³-hybridized carbons (Fsp3) is 0.900. The Morgan fingerprint density at radius 2 is 2.12 bits per heavy atom. The van der Waals surface area contributed by atoms with Gasteiger partial charge in [-0.2, -0.15) is 13.2 Å². The van der Waals surface area contributed by atoms with Gasteiger partial charge in [0.1, 0.15) is 6.04 Å². The Kier molecular flexibility index (Phi) is 4.58. The number of halogens is 3. The van der Waals surface area contributed by atoms with Crippen LogP contribution in [0.15, 0.2) is 0 Å². The summed E-state index contributed by atoms with van der Waals surface area (Å²) < 4.78 is 36.9. The van der Waals surface area contributed by atoms with Gasteiger partial charge in [0.25, 0.3) is 0 Å². The molecule has 0 saturated carbocycles. The van der Waals surface area contributed by atoms with Gasteiger partial charge in [-0.05, 0) is 19.3 Å². The highest BCUT2D eigenvalue weighted by atomic mass is 19.4. The third-order valence-corrected chi connectivity index (χ3v) is 2.65. The van der Waals surface area contributed by atoms with Crippen molar-refractivity contribution < 1.29 is 18.0 Å². The third kappa shape index (κ3) is 4.00. The van der Waals surface area contributed by atoms with E-state index in [1.54, 1.807) is 0 Å². The first-order chi connectivity index (χ1) is 7.43. The van der Waals surface area contributed by atoms with Crippen LogP contribution in [0.2, 0.25) is 0 Å². The van der Waals surface area contributed by atoms with E-state index in [0.717, 1.165) is 6.42 Å². The maximum atomic E-state index is 12.3. The van der Waals surface area contributed by atoms with E-state index in [0.29, 0.717) is 12.8 Å². The molecule has 0 aromatic carbocycles. The molecule has 0 spiro atoms.